The van der Waals surface area contributed by atoms with Crippen LogP contribution in [0.25, 0.3) is 0 Å². The fraction of sp³-hybridized carbons (Fsp3) is 0.0667. The summed E-state index contributed by atoms with van der Waals surface area (Å²) in [5.74, 6) is 5.58. The standard InChI is InChI=1S/C15H11Cl2NO2S/c16-13-6-8-15(9-7-13)21(19,20)18-10-2-4-12-3-1-5-14(17)11-12/h1,3,5-9,11,18H,10H2. The Morgan fingerprint density at radius 2 is 1.71 bits per heavy atom. The Bertz CT molecular complexity index is 790. The number of halogens is 2. The molecule has 3 nitrogen and oxygen atoms in total. The number of nitrogens with one attached hydrogen (secondary N) is 1. The molecule has 0 aliphatic carbocycles. The van der Waals surface area contributed by atoms with Gasteiger partial charge in [0.1, 0.15) is 0 Å². The van der Waals surface area contributed by atoms with Gasteiger partial charge in [-0.15, -0.1) is 0 Å². The van der Waals surface area contributed by atoms with E-state index in [1.165, 1.54) is 24.3 Å². The van der Waals surface area contributed by atoms with Crippen molar-refractivity contribution in [2.75, 3.05) is 6.54 Å². The fourth-order valence-corrected chi connectivity index (χ4v) is 2.78. The molecule has 0 heterocycles. The van der Waals surface area contributed by atoms with Crippen molar-refractivity contribution in [2.45, 2.75) is 4.90 Å². The van der Waals surface area contributed by atoms with E-state index in [0.717, 1.165) is 5.56 Å². The summed E-state index contributed by atoms with van der Waals surface area (Å²) in [4.78, 5) is 0.149. The van der Waals surface area contributed by atoms with E-state index in [9.17, 15) is 8.42 Å². The predicted molar refractivity (Wildman–Crippen MR) is 85.0 cm³/mol. The SMILES string of the molecule is O=S(=O)(NCC#Cc1cccc(Cl)c1)c1ccc(Cl)cc1. The second-order valence-corrected chi connectivity index (χ2v) is 6.73. The van der Waals surface area contributed by atoms with Gasteiger partial charge in [-0.2, -0.15) is 4.72 Å². The Kier molecular flexibility index (Phi) is 5.27. The van der Waals surface area contributed by atoms with Gasteiger partial charge in [-0.25, -0.2) is 8.42 Å². The molecule has 0 amide bonds. The van der Waals surface area contributed by atoms with Crippen molar-refractivity contribution in [3.63, 3.8) is 0 Å². The lowest BCUT2D eigenvalue weighted by molar-refractivity contribution is 0.586. The van der Waals surface area contributed by atoms with Crippen LogP contribution in [-0.4, -0.2) is 15.0 Å². The monoisotopic (exact) mass is 339 g/mol. The number of rotatable bonds is 3. The van der Waals surface area contributed by atoms with Crippen molar-refractivity contribution in [3.05, 3.63) is 64.1 Å². The highest BCUT2D eigenvalue weighted by Crippen LogP contribution is 2.13. The van der Waals surface area contributed by atoms with E-state index in [0.29, 0.717) is 10.0 Å². The largest absolute Gasteiger partial charge is 0.241 e. The third-order valence-electron chi connectivity index (χ3n) is 2.53. The molecule has 0 aromatic heterocycles. The minimum Gasteiger partial charge on any atom is -0.207 e. The van der Waals surface area contributed by atoms with Gasteiger partial charge in [-0.05, 0) is 42.5 Å². The van der Waals surface area contributed by atoms with Gasteiger partial charge in [0, 0.05) is 15.6 Å². The summed E-state index contributed by atoms with van der Waals surface area (Å²) in [7, 11) is -3.58. The molecule has 2 rings (SSSR count). The Balaban J connectivity index is 2.02. The van der Waals surface area contributed by atoms with Crippen molar-refractivity contribution >= 4 is 33.2 Å². The molecule has 0 aliphatic rings. The van der Waals surface area contributed by atoms with Gasteiger partial charge in [-0.1, -0.05) is 41.1 Å². The first kappa shape index (κ1) is 15.9. The molecular formula is C15H11Cl2NO2S. The van der Waals surface area contributed by atoms with E-state index in [1.807, 2.05) is 0 Å². The molecule has 0 bridgehead atoms. The average Bonchev–Trinajstić information content (AvgIpc) is 2.44. The maximum absolute atomic E-state index is 12.0. The quantitative estimate of drug-likeness (QED) is 0.872. The molecule has 1 N–H and O–H groups in total. The zero-order chi connectivity index (χ0) is 15.3. The average molecular weight is 340 g/mol. The molecule has 2 aromatic carbocycles. The summed E-state index contributed by atoms with van der Waals surface area (Å²) in [6.45, 7) is 0.0114. The van der Waals surface area contributed by atoms with E-state index in [-0.39, 0.29) is 11.4 Å². The van der Waals surface area contributed by atoms with Gasteiger partial charge in [0.15, 0.2) is 0 Å². The molecule has 0 saturated carbocycles. The van der Waals surface area contributed by atoms with Crippen molar-refractivity contribution in [1.82, 2.24) is 4.72 Å². The molecule has 0 unspecified atom stereocenters. The van der Waals surface area contributed by atoms with Gasteiger partial charge in [0.05, 0.1) is 11.4 Å². The molecule has 0 saturated heterocycles. The smallest absolute Gasteiger partial charge is 0.207 e. The predicted octanol–water partition coefficient (Wildman–Crippen LogP) is 3.32. The Hall–Kier alpha value is -1.51. The Labute approximate surface area is 133 Å². The van der Waals surface area contributed by atoms with Crippen LogP contribution in [0, 0.1) is 11.8 Å². The summed E-state index contributed by atoms with van der Waals surface area (Å²) in [6.07, 6.45) is 0. The normalized spacial score (nSPS) is 10.8. The van der Waals surface area contributed by atoms with Crippen LogP contribution in [0.3, 0.4) is 0 Å². The number of benzene rings is 2. The molecule has 108 valence electrons. The van der Waals surface area contributed by atoms with E-state index in [2.05, 4.69) is 16.6 Å². The van der Waals surface area contributed by atoms with Crippen molar-refractivity contribution < 1.29 is 8.42 Å². The first-order valence-electron chi connectivity index (χ1n) is 5.97. The van der Waals surface area contributed by atoms with E-state index >= 15 is 0 Å². The maximum atomic E-state index is 12.0. The molecule has 0 spiro atoms. The summed E-state index contributed by atoms with van der Waals surface area (Å²) >= 11 is 11.6. The zero-order valence-corrected chi connectivity index (χ0v) is 13.1. The van der Waals surface area contributed by atoms with Crippen LogP contribution >= 0.6 is 23.2 Å². The molecule has 6 heteroatoms. The highest BCUT2D eigenvalue weighted by atomic mass is 35.5. The molecule has 2 aromatic rings. The van der Waals surface area contributed by atoms with Gasteiger partial charge >= 0.3 is 0 Å². The highest BCUT2D eigenvalue weighted by Gasteiger charge is 2.11. The molecular weight excluding hydrogens is 329 g/mol. The number of hydrogen-bond donors (Lipinski definition) is 1. The lowest BCUT2D eigenvalue weighted by Gasteiger charge is -2.03. The van der Waals surface area contributed by atoms with Crippen LogP contribution in [0.15, 0.2) is 53.4 Å². The van der Waals surface area contributed by atoms with Crippen LogP contribution in [0.4, 0.5) is 0 Å². The van der Waals surface area contributed by atoms with Crippen LogP contribution in [0.5, 0.6) is 0 Å². The fourth-order valence-electron chi connectivity index (χ4n) is 1.54. The van der Waals surface area contributed by atoms with E-state index in [4.69, 9.17) is 23.2 Å². The van der Waals surface area contributed by atoms with Crippen LogP contribution in [0.2, 0.25) is 10.0 Å². The summed E-state index contributed by atoms with van der Waals surface area (Å²) in [5, 5.41) is 1.07. The summed E-state index contributed by atoms with van der Waals surface area (Å²) < 4.78 is 26.3. The Morgan fingerprint density at radius 3 is 2.38 bits per heavy atom. The number of sulfonamides is 1. The van der Waals surface area contributed by atoms with Crippen LogP contribution < -0.4 is 4.72 Å². The van der Waals surface area contributed by atoms with E-state index in [1.54, 1.807) is 24.3 Å². The lowest BCUT2D eigenvalue weighted by atomic mass is 10.2. The first-order chi connectivity index (χ1) is 9.97. The number of hydrogen-bond acceptors (Lipinski definition) is 2. The molecule has 21 heavy (non-hydrogen) atoms. The maximum Gasteiger partial charge on any atom is 0.241 e. The third kappa shape index (κ3) is 4.76. The topological polar surface area (TPSA) is 46.2 Å². The van der Waals surface area contributed by atoms with Gasteiger partial charge in [-0.3, -0.25) is 0 Å². The van der Waals surface area contributed by atoms with Crippen molar-refractivity contribution in [2.24, 2.45) is 0 Å². The second kappa shape index (κ2) is 6.97. The van der Waals surface area contributed by atoms with Gasteiger partial charge in [0.2, 0.25) is 10.0 Å². The molecule has 0 atom stereocenters. The Morgan fingerprint density at radius 1 is 1.00 bits per heavy atom. The van der Waals surface area contributed by atoms with Crippen molar-refractivity contribution in [3.8, 4) is 11.8 Å². The summed E-state index contributed by atoms with van der Waals surface area (Å²) in [5.41, 5.74) is 0.730. The molecule has 0 fully saturated rings. The van der Waals surface area contributed by atoms with Gasteiger partial charge in [0.25, 0.3) is 0 Å². The first-order valence-corrected chi connectivity index (χ1v) is 8.21. The molecule has 0 radical (unpaired) electrons. The zero-order valence-electron chi connectivity index (χ0n) is 10.8. The summed E-state index contributed by atoms with van der Waals surface area (Å²) in [6, 6.07) is 13.0. The van der Waals surface area contributed by atoms with Crippen LogP contribution in [-0.2, 0) is 10.0 Å². The second-order valence-electron chi connectivity index (χ2n) is 4.09. The minimum absolute atomic E-state index is 0.0114. The van der Waals surface area contributed by atoms with Gasteiger partial charge < -0.3 is 0 Å². The molecule has 0 aliphatic heterocycles. The lowest BCUT2D eigenvalue weighted by Crippen LogP contribution is -2.23. The highest BCUT2D eigenvalue weighted by molar-refractivity contribution is 7.89. The van der Waals surface area contributed by atoms with Crippen molar-refractivity contribution in [1.29, 1.82) is 0 Å². The van der Waals surface area contributed by atoms with E-state index < -0.39 is 10.0 Å². The third-order valence-corrected chi connectivity index (χ3v) is 4.44. The van der Waals surface area contributed by atoms with Crippen LogP contribution in [0.1, 0.15) is 5.56 Å². The minimum atomic E-state index is -3.58.